The maximum Gasteiger partial charge on any atom is 0.0831 e. The van der Waals surface area contributed by atoms with Crippen LogP contribution in [0.1, 0.15) is 43.4 Å². The van der Waals surface area contributed by atoms with Gasteiger partial charge in [0.05, 0.1) is 24.1 Å². The fraction of sp³-hybridized carbons (Fsp3) is 0.600. The van der Waals surface area contributed by atoms with Gasteiger partial charge >= 0.3 is 0 Å². The predicted octanol–water partition coefficient (Wildman–Crippen LogP) is 2.17. The van der Waals surface area contributed by atoms with E-state index in [1.165, 1.54) is 17.0 Å². The van der Waals surface area contributed by atoms with Gasteiger partial charge in [0.25, 0.3) is 0 Å². The molecule has 0 spiro atoms. The van der Waals surface area contributed by atoms with E-state index >= 15 is 0 Å². The second-order valence-electron chi connectivity index (χ2n) is 6.42. The highest BCUT2D eigenvalue weighted by Gasteiger charge is 2.13. The van der Waals surface area contributed by atoms with Crippen molar-refractivity contribution < 1.29 is 0 Å². The normalized spacial score (nSPS) is 12.1. The average molecular weight is 275 g/mol. The van der Waals surface area contributed by atoms with Crippen LogP contribution in [0.5, 0.6) is 0 Å². The summed E-state index contributed by atoms with van der Waals surface area (Å²) in [6.45, 7) is 12.3. The Labute approximate surface area is 121 Å². The molecule has 0 radical (unpaired) electrons. The molecule has 0 aliphatic rings. The number of aryl methyl sites for hydroxylation is 2. The monoisotopic (exact) mass is 275 g/mol. The maximum atomic E-state index is 4.50. The highest BCUT2D eigenvalue weighted by atomic mass is 15.3. The van der Waals surface area contributed by atoms with Gasteiger partial charge in [-0.15, -0.1) is 0 Å². The van der Waals surface area contributed by atoms with Crippen molar-refractivity contribution in [1.82, 2.24) is 24.9 Å². The molecule has 5 nitrogen and oxygen atoms in total. The fourth-order valence-electron chi connectivity index (χ4n) is 2.14. The van der Waals surface area contributed by atoms with E-state index in [4.69, 9.17) is 0 Å². The predicted molar refractivity (Wildman–Crippen MR) is 80.6 cm³/mol. The summed E-state index contributed by atoms with van der Waals surface area (Å²) in [6.07, 6.45) is 1.96. The van der Waals surface area contributed by atoms with Crippen molar-refractivity contribution in [2.24, 2.45) is 7.05 Å². The molecular formula is C15H25N5. The van der Waals surface area contributed by atoms with Crippen LogP contribution < -0.4 is 5.32 Å². The molecule has 5 heteroatoms. The van der Waals surface area contributed by atoms with Crippen molar-refractivity contribution in [3.8, 4) is 0 Å². The number of rotatable bonds is 4. The summed E-state index contributed by atoms with van der Waals surface area (Å²) >= 11 is 0. The summed E-state index contributed by atoms with van der Waals surface area (Å²) < 4.78 is 3.96. The van der Waals surface area contributed by atoms with E-state index in [2.05, 4.69) is 49.3 Å². The molecule has 1 N–H and O–H groups in total. The summed E-state index contributed by atoms with van der Waals surface area (Å²) in [4.78, 5) is 0. The maximum absolute atomic E-state index is 4.50. The molecule has 110 valence electrons. The minimum atomic E-state index is 0.119. The Bertz CT molecular complexity index is 586. The van der Waals surface area contributed by atoms with Crippen molar-refractivity contribution in [2.75, 3.05) is 0 Å². The highest BCUT2D eigenvalue weighted by molar-refractivity contribution is 5.18. The van der Waals surface area contributed by atoms with E-state index in [0.717, 1.165) is 18.8 Å². The Morgan fingerprint density at radius 3 is 2.50 bits per heavy atom. The van der Waals surface area contributed by atoms with Crippen LogP contribution in [-0.2, 0) is 20.1 Å². The molecular weight excluding hydrogens is 250 g/mol. The molecule has 2 heterocycles. The lowest BCUT2D eigenvalue weighted by molar-refractivity contribution is 0.423. The molecule has 0 saturated carbocycles. The number of hydrogen-bond donors (Lipinski definition) is 1. The molecule has 0 amide bonds. The minimum Gasteiger partial charge on any atom is -0.308 e. The number of hydrogen-bond acceptors (Lipinski definition) is 3. The van der Waals surface area contributed by atoms with Crippen molar-refractivity contribution in [2.45, 2.75) is 53.2 Å². The van der Waals surface area contributed by atoms with E-state index in [1.807, 2.05) is 29.5 Å². The number of nitrogens with zero attached hydrogens (tertiary/aromatic N) is 4. The van der Waals surface area contributed by atoms with Gasteiger partial charge in [0.15, 0.2) is 0 Å². The van der Waals surface area contributed by atoms with Gasteiger partial charge in [0.2, 0.25) is 0 Å². The first-order valence-electron chi connectivity index (χ1n) is 7.02. The SMILES string of the molecule is Cc1cc(Cn2ncc(CNC(C)(C)C)c2C)n(C)n1. The van der Waals surface area contributed by atoms with E-state index in [9.17, 15) is 0 Å². The third-order valence-electron chi connectivity index (χ3n) is 3.42. The Morgan fingerprint density at radius 1 is 1.25 bits per heavy atom. The van der Waals surface area contributed by atoms with Gasteiger partial charge in [0, 0.05) is 30.4 Å². The molecule has 0 saturated heterocycles. The minimum absolute atomic E-state index is 0.119. The Hall–Kier alpha value is -1.62. The van der Waals surface area contributed by atoms with Crippen LogP contribution >= 0.6 is 0 Å². The first kappa shape index (κ1) is 14.8. The third kappa shape index (κ3) is 3.48. The standard InChI is InChI=1S/C15H25N5/c1-11-7-14(19(6)18-11)10-20-12(2)13(9-17-20)8-16-15(3,4)5/h7,9,16H,8,10H2,1-6H3. The molecule has 0 aromatic carbocycles. The largest absolute Gasteiger partial charge is 0.308 e. The summed E-state index contributed by atoms with van der Waals surface area (Å²) in [6, 6.07) is 2.11. The van der Waals surface area contributed by atoms with E-state index in [0.29, 0.717) is 0 Å². The smallest absolute Gasteiger partial charge is 0.0831 e. The molecule has 2 rings (SSSR count). The molecule has 0 atom stereocenters. The first-order valence-corrected chi connectivity index (χ1v) is 7.02. The molecule has 2 aromatic heterocycles. The number of nitrogens with one attached hydrogen (secondary N) is 1. The van der Waals surface area contributed by atoms with Crippen molar-refractivity contribution in [3.63, 3.8) is 0 Å². The van der Waals surface area contributed by atoms with Crippen LogP contribution in [0.25, 0.3) is 0 Å². The van der Waals surface area contributed by atoms with Gasteiger partial charge in [0.1, 0.15) is 0 Å². The molecule has 20 heavy (non-hydrogen) atoms. The van der Waals surface area contributed by atoms with Gasteiger partial charge in [-0.3, -0.25) is 9.36 Å². The van der Waals surface area contributed by atoms with Crippen LogP contribution in [0.15, 0.2) is 12.3 Å². The van der Waals surface area contributed by atoms with Gasteiger partial charge in [-0.2, -0.15) is 10.2 Å². The van der Waals surface area contributed by atoms with E-state index in [-0.39, 0.29) is 5.54 Å². The van der Waals surface area contributed by atoms with Crippen LogP contribution in [-0.4, -0.2) is 25.1 Å². The number of aromatic nitrogens is 4. The van der Waals surface area contributed by atoms with Gasteiger partial charge < -0.3 is 5.32 Å². The zero-order valence-electron chi connectivity index (χ0n) is 13.4. The van der Waals surface area contributed by atoms with Crippen LogP contribution in [0.3, 0.4) is 0 Å². The van der Waals surface area contributed by atoms with E-state index < -0.39 is 0 Å². The van der Waals surface area contributed by atoms with Gasteiger partial charge in [-0.1, -0.05) is 0 Å². The van der Waals surface area contributed by atoms with Gasteiger partial charge in [-0.05, 0) is 40.7 Å². The molecule has 0 fully saturated rings. The lowest BCUT2D eigenvalue weighted by atomic mass is 10.1. The quantitative estimate of drug-likeness (QED) is 0.930. The Balaban J connectivity index is 2.11. The highest BCUT2D eigenvalue weighted by Crippen LogP contribution is 2.12. The van der Waals surface area contributed by atoms with Crippen LogP contribution in [0, 0.1) is 13.8 Å². The average Bonchev–Trinajstić information content (AvgIpc) is 2.81. The fourth-order valence-corrected chi connectivity index (χ4v) is 2.14. The molecule has 0 aliphatic heterocycles. The second-order valence-corrected chi connectivity index (χ2v) is 6.42. The summed E-state index contributed by atoms with van der Waals surface area (Å²) in [5.41, 5.74) is 4.79. The van der Waals surface area contributed by atoms with Crippen molar-refractivity contribution in [3.05, 3.63) is 34.9 Å². The van der Waals surface area contributed by atoms with Crippen LogP contribution in [0.4, 0.5) is 0 Å². The Morgan fingerprint density at radius 2 is 1.95 bits per heavy atom. The summed E-state index contributed by atoms with van der Waals surface area (Å²) in [7, 11) is 1.98. The van der Waals surface area contributed by atoms with E-state index in [1.54, 1.807) is 0 Å². The first-order chi connectivity index (χ1) is 9.26. The van der Waals surface area contributed by atoms with Crippen molar-refractivity contribution in [1.29, 1.82) is 0 Å². The molecule has 0 aliphatic carbocycles. The lowest BCUT2D eigenvalue weighted by Crippen LogP contribution is -2.35. The second kappa shape index (κ2) is 5.40. The van der Waals surface area contributed by atoms with Gasteiger partial charge in [-0.25, -0.2) is 0 Å². The molecule has 2 aromatic rings. The van der Waals surface area contributed by atoms with Crippen LogP contribution in [0.2, 0.25) is 0 Å². The topological polar surface area (TPSA) is 47.7 Å². The third-order valence-corrected chi connectivity index (χ3v) is 3.42. The molecule has 0 unspecified atom stereocenters. The lowest BCUT2D eigenvalue weighted by Gasteiger charge is -2.20. The zero-order valence-corrected chi connectivity index (χ0v) is 13.4. The summed E-state index contributed by atoms with van der Waals surface area (Å²) in [5.74, 6) is 0. The van der Waals surface area contributed by atoms with Crippen molar-refractivity contribution >= 4 is 0 Å². The zero-order chi connectivity index (χ0) is 14.9. The Kier molecular flexibility index (Phi) is 3.99. The molecule has 0 bridgehead atoms. The summed E-state index contributed by atoms with van der Waals surface area (Å²) in [5, 5.41) is 12.4.